The maximum absolute atomic E-state index is 13.6. The highest BCUT2D eigenvalue weighted by Crippen LogP contribution is 2.35. The molecular weight excluding hydrogens is 650 g/mol. The number of hydrogen-bond donors (Lipinski definition) is 2. The molecule has 5 aromatic carbocycles. The molecule has 0 radical (unpaired) electrons. The number of anilines is 2. The van der Waals surface area contributed by atoms with E-state index in [4.69, 9.17) is 0 Å². The fraction of sp³-hybridized carbons (Fsp3) is 0.0556. The summed E-state index contributed by atoms with van der Waals surface area (Å²) in [6.07, 6.45) is 1.77. The third kappa shape index (κ3) is 6.90. The van der Waals surface area contributed by atoms with Crippen LogP contribution in [-0.2, 0) is 14.4 Å². The van der Waals surface area contributed by atoms with E-state index < -0.39 is 17.1 Å². The van der Waals surface area contributed by atoms with Crippen molar-refractivity contribution in [3.63, 3.8) is 0 Å². The lowest BCUT2D eigenvalue weighted by Gasteiger charge is -2.15. The maximum Gasteiger partial charge on any atom is 0.272 e. The molecule has 0 aromatic heterocycles. The first-order valence-electron chi connectivity index (χ1n) is 14.1. The minimum atomic E-state index is -0.551. The second kappa shape index (κ2) is 13.3. The molecule has 4 amide bonds. The van der Waals surface area contributed by atoms with Crippen molar-refractivity contribution in [2.24, 2.45) is 0 Å². The molecule has 1 fully saturated rings. The van der Waals surface area contributed by atoms with Crippen molar-refractivity contribution in [2.75, 3.05) is 10.2 Å². The van der Waals surface area contributed by atoms with Gasteiger partial charge in [0.2, 0.25) is 11.8 Å². The van der Waals surface area contributed by atoms with E-state index in [-0.39, 0.29) is 23.9 Å². The lowest BCUT2D eigenvalue weighted by atomic mass is 10.0. The van der Waals surface area contributed by atoms with Gasteiger partial charge in [0.05, 0.1) is 10.9 Å². The first kappa shape index (κ1) is 30.1. The van der Waals surface area contributed by atoms with E-state index in [0.717, 1.165) is 25.7 Å². The molecule has 0 bridgehead atoms. The average molecular weight is 677 g/mol. The molecule has 1 atom stereocenters. The van der Waals surface area contributed by atoms with Gasteiger partial charge in [0.25, 0.3) is 11.8 Å². The predicted molar refractivity (Wildman–Crippen MR) is 182 cm³/mol. The zero-order valence-corrected chi connectivity index (χ0v) is 26.2. The highest BCUT2D eigenvalue weighted by atomic mass is 79.9. The van der Waals surface area contributed by atoms with E-state index in [0.29, 0.717) is 16.9 Å². The highest BCUT2D eigenvalue weighted by Gasteiger charge is 2.40. The van der Waals surface area contributed by atoms with Crippen molar-refractivity contribution in [1.82, 2.24) is 5.32 Å². The minimum absolute atomic E-state index is 0.0850. The first-order chi connectivity index (χ1) is 21.9. The van der Waals surface area contributed by atoms with Crippen molar-refractivity contribution < 1.29 is 19.2 Å². The number of hydrogen-bond acceptors (Lipinski definition) is 5. The summed E-state index contributed by atoms with van der Waals surface area (Å²) in [5.41, 5.74) is 2.34. The number of imide groups is 1. The lowest BCUT2D eigenvalue weighted by molar-refractivity contribution is -0.121. The molecular formula is C36H26BrN3O4S. The summed E-state index contributed by atoms with van der Waals surface area (Å²) in [6.45, 7) is 0. The van der Waals surface area contributed by atoms with E-state index in [2.05, 4.69) is 26.6 Å². The summed E-state index contributed by atoms with van der Waals surface area (Å²) in [7, 11) is 0. The minimum Gasteiger partial charge on any atom is -0.321 e. The number of rotatable bonds is 8. The number of fused-ring (bicyclic) bond motifs is 1. The molecule has 9 heteroatoms. The van der Waals surface area contributed by atoms with Crippen molar-refractivity contribution in [3.05, 3.63) is 143 Å². The number of amides is 4. The van der Waals surface area contributed by atoms with E-state index in [9.17, 15) is 19.2 Å². The van der Waals surface area contributed by atoms with Crippen LogP contribution in [0.3, 0.4) is 0 Å². The van der Waals surface area contributed by atoms with Gasteiger partial charge in [0.15, 0.2) is 0 Å². The molecule has 1 unspecified atom stereocenters. The summed E-state index contributed by atoms with van der Waals surface area (Å²) in [5.74, 6) is -1.40. The Hall–Kier alpha value is -4.99. The third-order valence-corrected chi connectivity index (χ3v) is 8.96. The smallest absolute Gasteiger partial charge is 0.272 e. The van der Waals surface area contributed by atoms with Crippen LogP contribution in [0.2, 0.25) is 0 Å². The topological polar surface area (TPSA) is 95.6 Å². The molecule has 6 rings (SSSR count). The van der Waals surface area contributed by atoms with Gasteiger partial charge in [-0.1, -0.05) is 76.6 Å². The molecule has 1 aliphatic heterocycles. The average Bonchev–Trinajstić information content (AvgIpc) is 3.34. The van der Waals surface area contributed by atoms with E-state index in [1.165, 1.54) is 16.7 Å². The molecule has 0 saturated carbocycles. The molecule has 1 saturated heterocycles. The number of nitrogens with zero attached hydrogens (tertiary/aromatic N) is 1. The Morgan fingerprint density at radius 3 is 2.24 bits per heavy atom. The number of halogens is 1. The van der Waals surface area contributed by atoms with Crippen molar-refractivity contribution >= 4 is 79.5 Å². The maximum atomic E-state index is 13.6. The first-order valence-corrected chi connectivity index (χ1v) is 15.8. The Labute approximate surface area is 272 Å². The van der Waals surface area contributed by atoms with Gasteiger partial charge in [-0.2, -0.15) is 0 Å². The number of benzene rings is 5. The van der Waals surface area contributed by atoms with Crippen LogP contribution in [-0.4, -0.2) is 28.9 Å². The lowest BCUT2D eigenvalue weighted by Crippen LogP contribution is -2.31. The van der Waals surface area contributed by atoms with Gasteiger partial charge >= 0.3 is 0 Å². The van der Waals surface area contributed by atoms with Gasteiger partial charge in [-0.05, 0) is 83.1 Å². The summed E-state index contributed by atoms with van der Waals surface area (Å²) >= 11 is 4.68. The predicted octanol–water partition coefficient (Wildman–Crippen LogP) is 7.44. The van der Waals surface area contributed by atoms with Gasteiger partial charge in [-0.25, -0.2) is 4.90 Å². The quantitative estimate of drug-likeness (QED) is 0.132. The second-order valence-corrected chi connectivity index (χ2v) is 12.5. The molecule has 2 N–H and O–H groups in total. The second-order valence-electron chi connectivity index (χ2n) is 10.3. The molecule has 1 heterocycles. The van der Waals surface area contributed by atoms with Crippen LogP contribution in [0.1, 0.15) is 22.3 Å². The molecule has 7 nitrogen and oxygen atoms in total. The monoisotopic (exact) mass is 675 g/mol. The van der Waals surface area contributed by atoms with Crippen LogP contribution in [0.4, 0.5) is 11.4 Å². The van der Waals surface area contributed by atoms with Crippen LogP contribution in [0.15, 0.2) is 136 Å². The summed E-state index contributed by atoms with van der Waals surface area (Å²) < 4.78 is 0.859. The molecule has 5 aromatic rings. The van der Waals surface area contributed by atoms with Crippen molar-refractivity contribution in [2.45, 2.75) is 16.6 Å². The van der Waals surface area contributed by atoms with Crippen LogP contribution >= 0.6 is 27.7 Å². The Kier molecular flexibility index (Phi) is 8.91. The van der Waals surface area contributed by atoms with Gasteiger partial charge in [-0.15, -0.1) is 11.8 Å². The van der Waals surface area contributed by atoms with Gasteiger partial charge in [-0.3, -0.25) is 19.2 Å². The zero-order valence-electron chi connectivity index (χ0n) is 23.8. The third-order valence-electron chi connectivity index (χ3n) is 7.23. The SMILES string of the molecule is O=C(Nc1ccc(SC2CC(=O)N(c3ccc(Br)cc3)C2=O)cc1)/C(=C/c1cccc2ccccc12)NC(=O)c1ccccc1. The van der Waals surface area contributed by atoms with Crippen LogP contribution < -0.4 is 15.5 Å². The number of carbonyl (C=O) groups is 4. The molecule has 0 aliphatic carbocycles. The van der Waals surface area contributed by atoms with E-state index in [1.807, 2.05) is 48.5 Å². The van der Waals surface area contributed by atoms with E-state index >= 15 is 0 Å². The van der Waals surface area contributed by atoms with Crippen molar-refractivity contribution in [3.8, 4) is 0 Å². The van der Waals surface area contributed by atoms with Crippen LogP contribution in [0.5, 0.6) is 0 Å². The Morgan fingerprint density at radius 2 is 1.49 bits per heavy atom. The normalized spacial score (nSPS) is 14.9. The van der Waals surface area contributed by atoms with Gasteiger partial charge in [0.1, 0.15) is 5.70 Å². The van der Waals surface area contributed by atoms with Crippen molar-refractivity contribution in [1.29, 1.82) is 0 Å². The zero-order chi connectivity index (χ0) is 31.3. The molecule has 1 aliphatic rings. The van der Waals surface area contributed by atoms with Crippen LogP contribution in [0.25, 0.3) is 16.8 Å². The Morgan fingerprint density at radius 1 is 0.800 bits per heavy atom. The fourth-order valence-electron chi connectivity index (χ4n) is 5.01. The number of nitrogens with one attached hydrogen (secondary N) is 2. The standard InChI is InChI=1S/C36H26BrN3O4S/c37-26-13-17-28(18-14-26)40-33(41)22-32(36(40)44)45-29-19-15-27(16-20-29)38-35(43)31(39-34(42)24-8-2-1-3-9-24)21-25-11-6-10-23-7-4-5-12-30(23)25/h1-21,32H,22H2,(H,38,43)(H,39,42)/b31-21-. The molecule has 45 heavy (non-hydrogen) atoms. The van der Waals surface area contributed by atoms with Crippen LogP contribution in [0, 0.1) is 0 Å². The molecule has 222 valence electrons. The Bertz CT molecular complexity index is 1940. The van der Waals surface area contributed by atoms with Gasteiger partial charge in [0, 0.05) is 27.0 Å². The largest absolute Gasteiger partial charge is 0.321 e. The summed E-state index contributed by atoms with van der Waals surface area (Å²) in [4.78, 5) is 54.4. The summed E-state index contributed by atoms with van der Waals surface area (Å²) in [6, 6.07) is 36.4. The van der Waals surface area contributed by atoms with E-state index in [1.54, 1.807) is 78.9 Å². The number of carbonyl (C=O) groups excluding carboxylic acids is 4. The molecule has 0 spiro atoms. The fourth-order valence-corrected chi connectivity index (χ4v) is 6.33. The summed E-state index contributed by atoms with van der Waals surface area (Å²) in [5, 5.41) is 7.06. The number of thioether (sulfide) groups is 1. The van der Waals surface area contributed by atoms with Gasteiger partial charge < -0.3 is 10.6 Å². The Balaban J connectivity index is 1.19. The highest BCUT2D eigenvalue weighted by molar-refractivity contribution is 9.10.